The first-order chi connectivity index (χ1) is 16.7. The highest BCUT2D eigenvalue weighted by Gasteiger charge is 2.29. The van der Waals surface area contributed by atoms with Gasteiger partial charge < -0.3 is 14.2 Å². The molecule has 1 heterocycles. The van der Waals surface area contributed by atoms with E-state index in [-0.39, 0.29) is 34.7 Å². The minimum absolute atomic E-state index is 0.0455. The molecular weight excluding hydrogens is 507 g/mol. The number of nitrogens with zero attached hydrogens (tertiary/aromatic N) is 1. The number of hydrogen-bond donors (Lipinski definition) is 0. The highest BCUT2D eigenvalue weighted by atomic mass is 35.5. The zero-order valence-corrected chi connectivity index (χ0v) is 20.3. The summed E-state index contributed by atoms with van der Waals surface area (Å²) in [6.45, 7) is 2.06. The zero-order chi connectivity index (χ0) is 25.5. The standard InChI is InChI=1S/C24H21ClF3NO5S/c1-3-32-24(31)20-21(34-23(30)13(2)33-12-14-7-5-4-6-8-14)15-9-16(27)17(28)10-18(15)29-22(20)35-19(25)11-26/h4-10,13,19H,3,11-12H2,1-2H3. The number of ether oxygens (including phenoxy) is 3. The lowest BCUT2D eigenvalue weighted by Crippen LogP contribution is -2.27. The van der Waals surface area contributed by atoms with E-state index in [1.807, 2.05) is 30.3 Å². The fourth-order valence-electron chi connectivity index (χ4n) is 2.98. The minimum Gasteiger partial charge on any atom is -0.462 e. The largest absolute Gasteiger partial charge is 0.462 e. The lowest BCUT2D eigenvalue weighted by molar-refractivity contribution is -0.146. The molecule has 11 heteroatoms. The molecule has 186 valence electrons. The Morgan fingerprint density at radius 2 is 1.83 bits per heavy atom. The number of carbonyl (C=O) groups is 2. The summed E-state index contributed by atoms with van der Waals surface area (Å²) in [7, 11) is 0. The fourth-order valence-corrected chi connectivity index (χ4v) is 3.99. The van der Waals surface area contributed by atoms with Gasteiger partial charge in [0.05, 0.1) is 18.7 Å². The van der Waals surface area contributed by atoms with E-state index in [9.17, 15) is 22.8 Å². The lowest BCUT2D eigenvalue weighted by Gasteiger charge is -2.18. The Labute approximate surface area is 208 Å². The first kappa shape index (κ1) is 26.8. The van der Waals surface area contributed by atoms with E-state index in [1.165, 1.54) is 6.92 Å². The highest BCUT2D eigenvalue weighted by molar-refractivity contribution is 8.01. The summed E-state index contributed by atoms with van der Waals surface area (Å²) in [5, 5.41) is -0.327. The van der Waals surface area contributed by atoms with Crippen molar-refractivity contribution in [3.63, 3.8) is 0 Å². The van der Waals surface area contributed by atoms with Gasteiger partial charge in [0.25, 0.3) is 0 Å². The second-order valence-electron chi connectivity index (χ2n) is 7.17. The fraction of sp³-hybridized carbons (Fsp3) is 0.292. The molecule has 2 aromatic carbocycles. The topological polar surface area (TPSA) is 74.7 Å². The van der Waals surface area contributed by atoms with Crippen LogP contribution in [0.3, 0.4) is 0 Å². The third-order valence-electron chi connectivity index (χ3n) is 4.66. The van der Waals surface area contributed by atoms with Gasteiger partial charge in [0.15, 0.2) is 23.5 Å². The van der Waals surface area contributed by atoms with Crippen molar-refractivity contribution in [1.29, 1.82) is 0 Å². The predicted octanol–water partition coefficient (Wildman–Crippen LogP) is 5.83. The third-order valence-corrected chi connectivity index (χ3v) is 5.95. The number of alkyl halides is 2. The predicted molar refractivity (Wildman–Crippen MR) is 125 cm³/mol. The first-order valence-electron chi connectivity index (χ1n) is 10.5. The molecular formula is C24H21ClF3NO5S. The van der Waals surface area contributed by atoms with Gasteiger partial charge in [-0.1, -0.05) is 42.1 Å². The van der Waals surface area contributed by atoms with E-state index in [4.69, 9.17) is 25.8 Å². The van der Waals surface area contributed by atoms with Crippen LogP contribution in [-0.4, -0.2) is 41.0 Å². The van der Waals surface area contributed by atoms with Gasteiger partial charge >= 0.3 is 11.9 Å². The molecule has 0 amide bonds. The van der Waals surface area contributed by atoms with Crippen LogP contribution in [0.5, 0.6) is 5.75 Å². The molecule has 1 aromatic heterocycles. The van der Waals surface area contributed by atoms with Crippen LogP contribution in [0, 0.1) is 11.6 Å². The molecule has 0 saturated heterocycles. The van der Waals surface area contributed by atoms with Gasteiger partial charge in [-0.3, -0.25) is 0 Å². The summed E-state index contributed by atoms with van der Waals surface area (Å²) in [4.78, 5) is 29.8. The number of thioether (sulfide) groups is 1. The summed E-state index contributed by atoms with van der Waals surface area (Å²) in [5.41, 5.74) is 0.310. The number of hydrogen-bond acceptors (Lipinski definition) is 7. The molecule has 0 saturated carbocycles. The molecule has 0 radical (unpaired) electrons. The van der Waals surface area contributed by atoms with Crippen LogP contribution >= 0.6 is 23.4 Å². The van der Waals surface area contributed by atoms with E-state index in [2.05, 4.69) is 4.98 Å². The smallest absolute Gasteiger partial charge is 0.344 e. The van der Waals surface area contributed by atoms with Crippen LogP contribution in [0.4, 0.5) is 13.2 Å². The molecule has 0 aliphatic heterocycles. The van der Waals surface area contributed by atoms with Crippen LogP contribution in [0.25, 0.3) is 10.9 Å². The van der Waals surface area contributed by atoms with Crippen LogP contribution in [0.15, 0.2) is 47.5 Å². The van der Waals surface area contributed by atoms with Crippen molar-refractivity contribution in [2.24, 2.45) is 0 Å². The Bertz CT molecular complexity index is 1210. The quantitative estimate of drug-likeness (QED) is 0.187. The zero-order valence-electron chi connectivity index (χ0n) is 18.7. The highest BCUT2D eigenvalue weighted by Crippen LogP contribution is 2.39. The van der Waals surface area contributed by atoms with Crippen LogP contribution in [-0.2, 0) is 20.9 Å². The van der Waals surface area contributed by atoms with Gasteiger partial charge in [-0.2, -0.15) is 0 Å². The van der Waals surface area contributed by atoms with E-state index in [0.717, 1.165) is 17.7 Å². The Morgan fingerprint density at radius 1 is 1.14 bits per heavy atom. The molecule has 3 aromatic rings. The summed E-state index contributed by atoms with van der Waals surface area (Å²) in [5.74, 6) is -4.75. The molecule has 35 heavy (non-hydrogen) atoms. The number of aromatic nitrogens is 1. The number of pyridine rings is 1. The lowest BCUT2D eigenvalue weighted by atomic mass is 10.1. The maximum absolute atomic E-state index is 14.1. The van der Waals surface area contributed by atoms with Gasteiger partial charge in [0.1, 0.15) is 22.0 Å². The maximum Gasteiger partial charge on any atom is 0.344 e. The van der Waals surface area contributed by atoms with Gasteiger partial charge in [-0.25, -0.2) is 27.7 Å². The normalized spacial score (nSPS) is 12.9. The van der Waals surface area contributed by atoms with Gasteiger partial charge in [-0.15, -0.1) is 11.6 Å². The van der Waals surface area contributed by atoms with Crippen molar-refractivity contribution >= 4 is 46.2 Å². The molecule has 0 aliphatic rings. The maximum atomic E-state index is 14.1. The molecule has 0 N–H and O–H groups in total. The molecule has 0 fully saturated rings. The number of carbonyl (C=O) groups excluding carboxylic acids is 2. The van der Waals surface area contributed by atoms with E-state index < -0.39 is 46.8 Å². The Hall–Kier alpha value is -2.82. The van der Waals surface area contributed by atoms with Crippen molar-refractivity contribution in [1.82, 2.24) is 4.98 Å². The second-order valence-corrected chi connectivity index (χ2v) is 9.14. The van der Waals surface area contributed by atoms with Gasteiger partial charge in [-0.05, 0) is 25.5 Å². The number of esters is 2. The van der Waals surface area contributed by atoms with Crippen molar-refractivity contribution in [2.75, 3.05) is 13.3 Å². The van der Waals surface area contributed by atoms with Gasteiger partial charge in [0, 0.05) is 11.5 Å². The summed E-state index contributed by atoms with van der Waals surface area (Å²) in [6.07, 6.45) is -1.10. The summed E-state index contributed by atoms with van der Waals surface area (Å²) in [6, 6.07) is 10.6. The molecule has 0 spiro atoms. The van der Waals surface area contributed by atoms with Crippen molar-refractivity contribution in [3.8, 4) is 5.75 Å². The van der Waals surface area contributed by atoms with Crippen molar-refractivity contribution < 1.29 is 37.0 Å². The number of halogens is 4. The second kappa shape index (κ2) is 12.2. The molecule has 0 bridgehead atoms. The molecule has 6 nitrogen and oxygen atoms in total. The summed E-state index contributed by atoms with van der Waals surface area (Å²) < 4.78 is 56.1. The molecule has 3 rings (SSSR count). The number of benzene rings is 2. The first-order valence-corrected chi connectivity index (χ1v) is 11.8. The molecule has 0 aliphatic carbocycles. The number of rotatable bonds is 10. The number of fused-ring (bicyclic) bond motifs is 1. The average Bonchev–Trinajstić information content (AvgIpc) is 2.84. The third kappa shape index (κ3) is 6.65. The average molecular weight is 528 g/mol. The van der Waals surface area contributed by atoms with E-state index in [1.54, 1.807) is 6.92 Å². The van der Waals surface area contributed by atoms with Crippen LogP contribution in [0.2, 0.25) is 0 Å². The van der Waals surface area contributed by atoms with Crippen LogP contribution in [0.1, 0.15) is 29.8 Å². The van der Waals surface area contributed by atoms with Crippen molar-refractivity contribution in [2.45, 2.75) is 36.3 Å². The van der Waals surface area contributed by atoms with Gasteiger partial charge in [0.2, 0.25) is 0 Å². The van der Waals surface area contributed by atoms with Crippen LogP contribution < -0.4 is 4.74 Å². The SMILES string of the molecule is CCOC(=O)c1c(SC(Cl)CF)nc2cc(F)c(F)cc2c1OC(=O)C(C)OCc1ccccc1. The molecule has 2 atom stereocenters. The summed E-state index contributed by atoms with van der Waals surface area (Å²) >= 11 is 6.55. The van der Waals surface area contributed by atoms with Crippen molar-refractivity contribution in [3.05, 3.63) is 65.2 Å². The Morgan fingerprint density at radius 3 is 2.49 bits per heavy atom. The minimum atomic E-state index is -1.25. The monoisotopic (exact) mass is 527 g/mol. The Kier molecular flexibility index (Phi) is 9.36. The Balaban J connectivity index is 2.05. The van der Waals surface area contributed by atoms with E-state index >= 15 is 0 Å². The molecule has 2 unspecified atom stereocenters. The van der Waals surface area contributed by atoms with E-state index in [0.29, 0.717) is 11.8 Å².